The Kier molecular flexibility index (Phi) is 5.80. The number of hydrogen-bond acceptors (Lipinski definition) is 4. The zero-order chi connectivity index (χ0) is 23.9. The van der Waals surface area contributed by atoms with Crippen LogP contribution < -0.4 is 5.32 Å². The maximum absolute atomic E-state index is 13.4. The van der Waals surface area contributed by atoms with Gasteiger partial charge in [0.05, 0.1) is 0 Å². The molecule has 3 aliphatic rings. The number of likely N-dealkylation sites (tertiary alicyclic amines) is 1. The van der Waals surface area contributed by atoms with Gasteiger partial charge in [-0.1, -0.05) is 48.5 Å². The second-order valence-electron chi connectivity index (χ2n) is 9.81. The molecule has 0 aromatic heterocycles. The van der Waals surface area contributed by atoms with Crippen molar-refractivity contribution < 1.29 is 24.2 Å². The Bertz CT molecular complexity index is 1080. The van der Waals surface area contributed by atoms with E-state index < -0.39 is 23.6 Å². The third-order valence-corrected chi connectivity index (χ3v) is 7.59. The van der Waals surface area contributed by atoms with Crippen LogP contribution in [-0.2, 0) is 14.3 Å². The van der Waals surface area contributed by atoms with Crippen LogP contribution in [-0.4, -0.2) is 52.7 Å². The van der Waals surface area contributed by atoms with Gasteiger partial charge in [0.1, 0.15) is 18.2 Å². The summed E-state index contributed by atoms with van der Waals surface area (Å²) in [5.74, 6) is -1.37. The Balaban J connectivity index is 1.28. The van der Waals surface area contributed by atoms with Crippen molar-refractivity contribution in [2.24, 2.45) is 5.92 Å². The Morgan fingerprint density at radius 3 is 2.26 bits per heavy atom. The summed E-state index contributed by atoms with van der Waals surface area (Å²) in [6.45, 7) is 2.16. The fourth-order valence-corrected chi connectivity index (χ4v) is 5.44. The number of carboxylic acids is 1. The third-order valence-electron chi connectivity index (χ3n) is 7.59. The number of benzene rings is 2. The van der Waals surface area contributed by atoms with Crippen molar-refractivity contribution in [2.45, 2.75) is 56.5 Å². The summed E-state index contributed by atoms with van der Waals surface area (Å²) >= 11 is 0. The van der Waals surface area contributed by atoms with Crippen molar-refractivity contribution in [3.63, 3.8) is 0 Å². The van der Waals surface area contributed by atoms with Crippen LogP contribution in [0.1, 0.15) is 56.1 Å². The molecule has 2 aromatic rings. The summed E-state index contributed by atoms with van der Waals surface area (Å²) in [6, 6.07) is 15.5. The summed E-state index contributed by atoms with van der Waals surface area (Å²) in [5.41, 5.74) is 3.30. The largest absolute Gasteiger partial charge is 0.480 e. The lowest BCUT2D eigenvalue weighted by atomic mass is 9.87. The Morgan fingerprint density at radius 1 is 1.06 bits per heavy atom. The van der Waals surface area contributed by atoms with Crippen LogP contribution in [0.15, 0.2) is 48.5 Å². The first-order chi connectivity index (χ1) is 16.4. The van der Waals surface area contributed by atoms with Crippen LogP contribution >= 0.6 is 0 Å². The average molecular weight is 463 g/mol. The number of fused-ring (bicyclic) bond motifs is 3. The van der Waals surface area contributed by atoms with Crippen LogP contribution in [0.4, 0.5) is 4.79 Å². The number of hydrogen-bond donors (Lipinski definition) is 2. The van der Waals surface area contributed by atoms with Crippen molar-refractivity contribution in [3.8, 4) is 11.1 Å². The molecule has 2 unspecified atom stereocenters. The number of aliphatic carboxylic acids is 1. The number of piperidine rings is 1. The molecule has 2 atom stereocenters. The van der Waals surface area contributed by atoms with E-state index in [2.05, 4.69) is 29.6 Å². The predicted octanol–water partition coefficient (Wildman–Crippen LogP) is 4.16. The lowest BCUT2D eigenvalue weighted by molar-refractivity contribution is -0.162. The van der Waals surface area contributed by atoms with Crippen molar-refractivity contribution in [1.29, 1.82) is 0 Å². The van der Waals surface area contributed by atoms with Crippen molar-refractivity contribution >= 4 is 18.0 Å². The molecule has 2 fully saturated rings. The molecule has 2 aliphatic carbocycles. The van der Waals surface area contributed by atoms with Crippen LogP contribution in [0.25, 0.3) is 11.1 Å². The molecule has 0 spiro atoms. The molecule has 5 rings (SSSR count). The second kappa shape index (κ2) is 8.78. The van der Waals surface area contributed by atoms with Crippen LogP contribution in [0.3, 0.4) is 0 Å². The second-order valence-corrected chi connectivity index (χ2v) is 9.81. The number of carbonyl (C=O) groups is 3. The monoisotopic (exact) mass is 462 g/mol. The molecule has 7 heteroatoms. The van der Waals surface area contributed by atoms with Gasteiger partial charge in [-0.2, -0.15) is 0 Å². The highest BCUT2D eigenvalue weighted by atomic mass is 16.5. The zero-order valence-electron chi connectivity index (χ0n) is 19.3. The van der Waals surface area contributed by atoms with Crippen molar-refractivity contribution in [2.75, 3.05) is 13.2 Å². The minimum atomic E-state index is -1.24. The van der Waals surface area contributed by atoms with E-state index in [0.717, 1.165) is 47.9 Å². The SMILES string of the molecule is CC1(C(=O)O)CCCCN1C(=O)C(NC(=O)OCC1c2ccccc2-c2ccccc21)C1CC1. The molecule has 1 aliphatic heterocycles. The van der Waals surface area contributed by atoms with Crippen molar-refractivity contribution in [3.05, 3.63) is 59.7 Å². The van der Waals surface area contributed by atoms with E-state index in [9.17, 15) is 19.5 Å². The summed E-state index contributed by atoms with van der Waals surface area (Å²) < 4.78 is 5.65. The van der Waals surface area contributed by atoms with Crippen LogP contribution in [0.2, 0.25) is 0 Å². The number of alkyl carbamates (subject to hydrolysis) is 1. The highest BCUT2D eigenvalue weighted by Crippen LogP contribution is 2.44. The maximum Gasteiger partial charge on any atom is 0.407 e. The standard InChI is InChI=1S/C27H30N2O5/c1-27(25(31)32)14-6-7-15-29(27)24(30)23(17-12-13-17)28-26(33)34-16-22-20-10-4-2-8-18(20)19-9-3-5-11-21(19)22/h2-5,8-11,17,22-23H,6-7,12-16H2,1H3,(H,28,33)(H,31,32). The first-order valence-electron chi connectivity index (χ1n) is 12.1. The van der Waals surface area contributed by atoms with Gasteiger partial charge in [-0.05, 0) is 67.2 Å². The topological polar surface area (TPSA) is 95.9 Å². The molecule has 2 N–H and O–H groups in total. The molecular formula is C27H30N2O5. The van der Waals surface area contributed by atoms with Crippen molar-refractivity contribution in [1.82, 2.24) is 10.2 Å². The highest BCUT2D eigenvalue weighted by Gasteiger charge is 2.48. The van der Waals surface area contributed by atoms with Gasteiger partial charge in [-0.25, -0.2) is 9.59 Å². The van der Waals surface area contributed by atoms with Gasteiger partial charge in [-0.15, -0.1) is 0 Å². The maximum atomic E-state index is 13.4. The van der Waals surface area contributed by atoms with Gasteiger partial charge >= 0.3 is 12.1 Å². The predicted molar refractivity (Wildman–Crippen MR) is 126 cm³/mol. The van der Waals surface area contributed by atoms with Gasteiger partial charge in [-0.3, -0.25) is 4.79 Å². The molecule has 1 saturated heterocycles. The van der Waals surface area contributed by atoms with E-state index in [-0.39, 0.29) is 24.3 Å². The fourth-order valence-electron chi connectivity index (χ4n) is 5.44. The van der Waals surface area contributed by atoms with Crippen LogP contribution in [0, 0.1) is 5.92 Å². The van der Waals surface area contributed by atoms with Gasteiger partial charge in [0.2, 0.25) is 5.91 Å². The summed E-state index contributed by atoms with van der Waals surface area (Å²) in [7, 11) is 0. The molecule has 178 valence electrons. The minimum Gasteiger partial charge on any atom is -0.480 e. The molecule has 2 aromatic carbocycles. The minimum absolute atomic E-state index is 0.0213. The fraction of sp³-hybridized carbons (Fsp3) is 0.444. The van der Waals surface area contributed by atoms with E-state index >= 15 is 0 Å². The summed E-state index contributed by atoms with van der Waals surface area (Å²) in [6.07, 6.45) is 2.96. The smallest absolute Gasteiger partial charge is 0.407 e. The van der Waals surface area contributed by atoms with E-state index in [1.807, 2.05) is 24.3 Å². The molecular weight excluding hydrogens is 432 g/mol. The van der Waals surface area contributed by atoms with E-state index in [1.165, 1.54) is 4.90 Å². The molecule has 1 saturated carbocycles. The Hall–Kier alpha value is -3.35. The molecule has 7 nitrogen and oxygen atoms in total. The number of amides is 2. The number of ether oxygens (including phenoxy) is 1. The number of carboxylic acid groups (broad SMARTS) is 1. The Morgan fingerprint density at radius 2 is 1.68 bits per heavy atom. The molecule has 2 amide bonds. The molecule has 34 heavy (non-hydrogen) atoms. The molecule has 0 bridgehead atoms. The number of nitrogens with zero attached hydrogens (tertiary/aromatic N) is 1. The number of nitrogens with one attached hydrogen (secondary N) is 1. The van der Waals surface area contributed by atoms with E-state index in [4.69, 9.17) is 4.74 Å². The van der Waals surface area contributed by atoms with Gasteiger partial charge in [0.15, 0.2) is 0 Å². The summed E-state index contributed by atoms with van der Waals surface area (Å²) in [4.78, 5) is 39.7. The van der Waals surface area contributed by atoms with E-state index in [0.29, 0.717) is 13.0 Å². The first-order valence-corrected chi connectivity index (χ1v) is 12.1. The number of carbonyl (C=O) groups excluding carboxylic acids is 2. The lowest BCUT2D eigenvalue weighted by Crippen LogP contribution is -2.62. The van der Waals surface area contributed by atoms with Crippen LogP contribution in [0.5, 0.6) is 0 Å². The van der Waals surface area contributed by atoms with Gasteiger partial charge < -0.3 is 20.1 Å². The normalized spacial score (nSPS) is 22.4. The van der Waals surface area contributed by atoms with E-state index in [1.54, 1.807) is 6.92 Å². The third kappa shape index (κ3) is 3.93. The van der Waals surface area contributed by atoms with Gasteiger partial charge in [0.25, 0.3) is 0 Å². The lowest BCUT2D eigenvalue weighted by Gasteiger charge is -2.43. The Labute approximate surface area is 199 Å². The van der Waals surface area contributed by atoms with Gasteiger partial charge in [0, 0.05) is 12.5 Å². The first kappa shape index (κ1) is 22.4. The zero-order valence-corrected chi connectivity index (χ0v) is 19.3. The molecule has 1 heterocycles. The highest BCUT2D eigenvalue weighted by molar-refractivity contribution is 5.92. The number of rotatable bonds is 6. The average Bonchev–Trinajstić information content (AvgIpc) is 3.63. The quantitative estimate of drug-likeness (QED) is 0.672. The molecule has 0 radical (unpaired) electrons. The summed E-state index contributed by atoms with van der Waals surface area (Å²) in [5, 5.41) is 12.6.